The first-order valence-corrected chi connectivity index (χ1v) is 10.8. The number of benzene rings is 2. The fourth-order valence-electron chi connectivity index (χ4n) is 4.47. The number of urea groups is 1. The smallest absolute Gasteiger partial charge is 0.320 e. The van der Waals surface area contributed by atoms with E-state index in [9.17, 15) is 9.59 Å². The zero-order valence-corrected chi connectivity index (χ0v) is 17.8. The Balaban J connectivity index is 1.44. The van der Waals surface area contributed by atoms with Crippen LogP contribution in [0.15, 0.2) is 48.5 Å². The largest absolute Gasteiger partial charge is 0.322 e. The average molecular weight is 407 g/mol. The molecule has 2 aliphatic heterocycles. The molecule has 0 aromatic heterocycles. The SMILES string of the molecule is CC(=O)N1CCc2cccc(NC(=O)N3CCN(Cc4ccccc4)CCC3C)c21. The first-order valence-electron chi connectivity index (χ1n) is 10.8. The van der Waals surface area contributed by atoms with Crippen molar-refractivity contribution in [3.63, 3.8) is 0 Å². The predicted octanol–water partition coefficient (Wildman–Crippen LogP) is 3.72. The van der Waals surface area contributed by atoms with Crippen molar-refractivity contribution in [2.45, 2.75) is 39.3 Å². The highest BCUT2D eigenvalue weighted by atomic mass is 16.2. The van der Waals surface area contributed by atoms with Gasteiger partial charge >= 0.3 is 6.03 Å². The quantitative estimate of drug-likeness (QED) is 0.845. The standard InChI is InChI=1S/C24H30N4O2/c1-18-11-13-26(17-20-7-4-3-5-8-20)15-16-27(18)24(30)25-22-10-6-9-21-12-14-28(19(2)29)23(21)22/h3-10,18H,11-17H2,1-2H3,(H,25,30). The second kappa shape index (κ2) is 8.88. The summed E-state index contributed by atoms with van der Waals surface area (Å²) in [5.74, 6) is 0.00939. The summed E-state index contributed by atoms with van der Waals surface area (Å²) in [6, 6.07) is 16.4. The summed E-state index contributed by atoms with van der Waals surface area (Å²) in [5.41, 5.74) is 3.99. The molecule has 158 valence electrons. The summed E-state index contributed by atoms with van der Waals surface area (Å²) in [6.45, 7) is 7.77. The van der Waals surface area contributed by atoms with E-state index >= 15 is 0 Å². The maximum absolute atomic E-state index is 13.2. The number of nitrogens with one attached hydrogen (secondary N) is 1. The Hall–Kier alpha value is -2.86. The normalized spacial score (nSPS) is 19.3. The Morgan fingerprint density at radius 1 is 1.00 bits per heavy atom. The molecule has 1 N–H and O–H groups in total. The number of carbonyl (C=O) groups is 2. The van der Waals surface area contributed by atoms with Crippen LogP contribution in [0.3, 0.4) is 0 Å². The van der Waals surface area contributed by atoms with Crippen LogP contribution in [-0.4, -0.2) is 54.0 Å². The van der Waals surface area contributed by atoms with Crippen molar-refractivity contribution in [1.82, 2.24) is 9.80 Å². The molecule has 2 aromatic rings. The van der Waals surface area contributed by atoms with E-state index in [1.54, 1.807) is 11.8 Å². The topological polar surface area (TPSA) is 55.9 Å². The number of para-hydroxylation sites is 1. The fraction of sp³-hybridized carbons (Fsp3) is 0.417. The van der Waals surface area contributed by atoms with Gasteiger partial charge in [0.05, 0.1) is 11.4 Å². The molecule has 6 nitrogen and oxygen atoms in total. The average Bonchev–Trinajstić information content (AvgIpc) is 3.10. The highest BCUT2D eigenvalue weighted by Gasteiger charge is 2.29. The molecular weight excluding hydrogens is 376 g/mol. The number of rotatable bonds is 3. The summed E-state index contributed by atoms with van der Waals surface area (Å²) >= 11 is 0. The lowest BCUT2D eigenvalue weighted by molar-refractivity contribution is -0.116. The van der Waals surface area contributed by atoms with E-state index in [1.165, 1.54) is 5.56 Å². The number of carbonyl (C=O) groups excluding carboxylic acids is 2. The van der Waals surface area contributed by atoms with Crippen molar-refractivity contribution < 1.29 is 9.59 Å². The van der Waals surface area contributed by atoms with Crippen LogP contribution < -0.4 is 10.2 Å². The van der Waals surface area contributed by atoms with Crippen molar-refractivity contribution in [2.24, 2.45) is 0 Å². The van der Waals surface area contributed by atoms with Crippen LogP contribution in [0.1, 0.15) is 31.4 Å². The first-order chi connectivity index (χ1) is 14.5. The molecule has 3 amide bonds. The Morgan fingerprint density at radius 3 is 2.57 bits per heavy atom. The summed E-state index contributed by atoms with van der Waals surface area (Å²) in [7, 11) is 0. The van der Waals surface area contributed by atoms with Crippen LogP contribution in [0.2, 0.25) is 0 Å². The van der Waals surface area contributed by atoms with Gasteiger partial charge in [0.2, 0.25) is 5.91 Å². The number of hydrogen-bond acceptors (Lipinski definition) is 3. The van der Waals surface area contributed by atoms with Gasteiger partial charge in [-0.25, -0.2) is 4.79 Å². The Bertz CT molecular complexity index is 915. The van der Waals surface area contributed by atoms with E-state index in [4.69, 9.17) is 0 Å². The molecule has 0 aliphatic carbocycles. The van der Waals surface area contributed by atoms with E-state index in [1.807, 2.05) is 29.2 Å². The number of fused-ring (bicyclic) bond motifs is 1. The first kappa shape index (κ1) is 20.4. The van der Waals surface area contributed by atoms with Gasteiger partial charge in [0.1, 0.15) is 0 Å². The third-order valence-corrected chi connectivity index (χ3v) is 6.18. The van der Waals surface area contributed by atoms with Crippen molar-refractivity contribution in [3.05, 3.63) is 59.7 Å². The van der Waals surface area contributed by atoms with Crippen LogP contribution in [0.25, 0.3) is 0 Å². The van der Waals surface area contributed by atoms with E-state index in [2.05, 4.69) is 41.4 Å². The molecule has 1 unspecified atom stereocenters. The van der Waals surface area contributed by atoms with Crippen molar-refractivity contribution in [2.75, 3.05) is 36.4 Å². The minimum atomic E-state index is -0.0899. The van der Waals surface area contributed by atoms with Crippen molar-refractivity contribution >= 4 is 23.3 Å². The zero-order chi connectivity index (χ0) is 21.1. The Labute approximate surface area is 178 Å². The molecule has 2 heterocycles. The maximum atomic E-state index is 13.2. The van der Waals surface area contributed by atoms with E-state index in [0.29, 0.717) is 13.1 Å². The number of nitrogens with zero attached hydrogens (tertiary/aromatic N) is 3. The summed E-state index contributed by atoms with van der Waals surface area (Å²) in [5, 5.41) is 3.09. The molecule has 2 aromatic carbocycles. The molecule has 4 rings (SSSR count). The molecule has 2 aliphatic rings. The molecule has 30 heavy (non-hydrogen) atoms. The van der Waals surface area contributed by atoms with E-state index in [-0.39, 0.29) is 18.0 Å². The van der Waals surface area contributed by atoms with Crippen LogP contribution in [-0.2, 0) is 17.8 Å². The third kappa shape index (κ3) is 4.33. The number of anilines is 2. The van der Waals surface area contributed by atoms with Crippen molar-refractivity contribution in [1.29, 1.82) is 0 Å². The van der Waals surface area contributed by atoms with Gasteiger partial charge in [-0.2, -0.15) is 0 Å². The molecule has 1 saturated heterocycles. The molecule has 0 saturated carbocycles. The van der Waals surface area contributed by atoms with Gasteiger partial charge < -0.3 is 15.1 Å². The zero-order valence-electron chi connectivity index (χ0n) is 17.8. The van der Waals surface area contributed by atoms with Crippen molar-refractivity contribution in [3.8, 4) is 0 Å². The lowest BCUT2D eigenvalue weighted by atomic mass is 10.1. The van der Waals surface area contributed by atoms with Crippen LogP contribution >= 0.6 is 0 Å². The lowest BCUT2D eigenvalue weighted by Gasteiger charge is -2.28. The van der Waals surface area contributed by atoms with E-state index < -0.39 is 0 Å². The third-order valence-electron chi connectivity index (χ3n) is 6.18. The summed E-state index contributed by atoms with van der Waals surface area (Å²) < 4.78 is 0. The second-order valence-electron chi connectivity index (χ2n) is 8.26. The molecule has 1 atom stereocenters. The summed E-state index contributed by atoms with van der Waals surface area (Å²) in [6.07, 6.45) is 1.76. The van der Waals surface area contributed by atoms with Gasteiger partial charge in [0, 0.05) is 45.7 Å². The Morgan fingerprint density at radius 2 is 1.80 bits per heavy atom. The van der Waals surface area contributed by atoms with Gasteiger partial charge in [-0.3, -0.25) is 9.69 Å². The summed E-state index contributed by atoms with van der Waals surface area (Å²) in [4.78, 5) is 31.3. The van der Waals surface area contributed by atoms with Crippen LogP contribution in [0.5, 0.6) is 0 Å². The minimum absolute atomic E-state index is 0.00939. The van der Waals surface area contributed by atoms with Crippen LogP contribution in [0, 0.1) is 0 Å². The molecule has 0 radical (unpaired) electrons. The van der Waals surface area contributed by atoms with Gasteiger partial charge in [0.15, 0.2) is 0 Å². The van der Waals surface area contributed by atoms with E-state index in [0.717, 1.165) is 49.4 Å². The second-order valence-corrected chi connectivity index (χ2v) is 8.26. The number of hydrogen-bond donors (Lipinski definition) is 1. The van der Waals surface area contributed by atoms with Gasteiger partial charge in [0.25, 0.3) is 0 Å². The van der Waals surface area contributed by atoms with Gasteiger partial charge in [-0.15, -0.1) is 0 Å². The molecule has 0 spiro atoms. The van der Waals surface area contributed by atoms with Crippen LogP contribution in [0.4, 0.5) is 16.2 Å². The van der Waals surface area contributed by atoms with Gasteiger partial charge in [-0.05, 0) is 37.0 Å². The monoisotopic (exact) mass is 406 g/mol. The molecule has 0 bridgehead atoms. The minimum Gasteiger partial charge on any atom is -0.320 e. The highest BCUT2D eigenvalue weighted by molar-refractivity contribution is 6.02. The Kier molecular flexibility index (Phi) is 6.04. The molecule has 6 heteroatoms. The fourth-order valence-corrected chi connectivity index (χ4v) is 4.47. The van der Waals surface area contributed by atoms with Gasteiger partial charge in [-0.1, -0.05) is 42.5 Å². The lowest BCUT2D eigenvalue weighted by Crippen LogP contribution is -2.42. The number of amides is 3. The maximum Gasteiger partial charge on any atom is 0.322 e. The molecule has 1 fully saturated rings. The molecular formula is C24H30N4O2. The highest BCUT2D eigenvalue weighted by Crippen LogP contribution is 2.35. The predicted molar refractivity (Wildman–Crippen MR) is 120 cm³/mol.